The van der Waals surface area contributed by atoms with Crippen LogP contribution in [0.15, 0.2) is 18.2 Å². The first-order valence-corrected chi connectivity index (χ1v) is 10.6. The molecule has 1 aromatic carbocycles. The summed E-state index contributed by atoms with van der Waals surface area (Å²) in [5.41, 5.74) is -3.31. The average Bonchev–Trinajstić information content (AvgIpc) is 3.54. The molecule has 35 heavy (non-hydrogen) atoms. The molecule has 0 aliphatic heterocycles. The average molecular weight is 504 g/mol. The third-order valence-corrected chi connectivity index (χ3v) is 5.59. The Morgan fingerprint density at radius 1 is 1.00 bits per heavy atom. The van der Waals surface area contributed by atoms with Crippen molar-refractivity contribution in [2.24, 2.45) is 0 Å². The van der Waals surface area contributed by atoms with E-state index in [0.717, 1.165) is 4.90 Å². The molecule has 1 N–H and O–H groups in total. The van der Waals surface area contributed by atoms with Gasteiger partial charge in [0.15, 0.2) is 5.78 Å². The number of carbonyl (C=O) groups excluding carboxylic acids is 3. The number of rotatable bonds is 7. The number of halogens is 6. The van der Waals surface area contributed by atoms with Gasteiger partial charge in [0.05, 0.1) is 24.3 Å². The normalized spacial score (nSPS) is 14.1. The lowest BCUT2D eigenvalue weighted by molar-refractivity contribution is -0.143. The highest BCUT2D eigenvalue weighted by Gasteiger charge is 2.40. The van der Waals surface area contributed by atoms with Gasteiger partial charge in [-0.1, -0.05) is 0 Å². The lowest BCUT2D eigenvalue weighted by Gasteiger charge is -2.23. The molecular weight excluding hydrogens is 482 g/mol. The van der Waals surface area contributed by atoms with Gasteiger partial charge in [-0.25, -0.2) is 4.79 Å². The highest BCUT2D eigenvalue weighted by Crippen LogP contribution is 2.37. The van der Waals surface area contributed by atoms with Gasteiger partial charge in [-0.15, -0.1) is 0 Å². The van der Waals surface area contributed by atoms with Gasteiger partial charge in [-0.3, -0.25) is 9.59 Å². The van der Waals surface area contributed by atoms with Crippen molar-refractivity contribution in [1.82, 2.24) is 9.88 Å². The first kappa shape index (κ1) is 26.3. The number of ether oxygens (including phenoxy) is 1. The Morgan fingerprint density at radius 3 is 2.00 bits per heavy atom. The maximum absolute atomic E-state index is 13.2. The number of esters is 1. The van der Waals surface area contributed by atoms with Gasteiger partial charge < -0.3 is 14.6 Å². The quantitative estimate of drug-likeness (QED) is 0.314. The molecule has 1 heterocycles. The number of aromatic amines is 1. The van der Waals surface area contributed by atoms with Crippen LogP contribution in [0.3, 0.4) is 0 Å². The summed E-state index contributed by atoms with van der Waals surface area (Å²) >= 11 is 0. The Hall–Kier alpha value is -3.31. The molecule has 0 spiro atoms. The van der Waals surface area contributed by atoms with Crippen molar-refractivity contribution >= 4 is 17.7 Å². The van der Waals surface area contributed by atoms with Crippen LogP contribution in [-0.2, 0) is 17.1 Å². The Kier molecular flexibility index (Phi) is 7.05. The van der Waals surface area contributed by atoms with Gasteiger partial charge in [0.1, 0.15) is 5.69 Å². The fourth-order valence-electron chi connectivity index (χ4n) is 3.81. The predicted molar refractivity (Wildman–Crippen MR) is 111 cm³/mol. The Bertz CT molecular complexity index is 1130. The molecule has 2 aromatic rings. The number of H-pyrrole nitrogens is 1. The van der Waals surface area contributed by atoms with Crippen LogP contribution in [0.4, 0.5) is 26.3 Å². The smallest absolute Gasteiger partial charge is 0.416 e. The van der Waals surface area contributed by atoms with E-state index in [2.05, 4.69) is 4.98 Å². The summed E-state index contributed by atoms with van der Waals surface area (Å²) < 4.78 is 84.3. The Morgan fingerprint density at radius 2 is 1.54 bits per heavy atom. The number of nitrogens with one attached hydrogen (secondary N) is 1. The van der Waals surface area contributed by atoms with Crippen molar-refractivity contribution in [2.45, 2.75) is 52.0 Å². The minimum Gasteiger partial charge on any atom is -0.461 e. The molecule has 0 unspecified atom stereocenters. The molecule has 0 atom stereocenters. The maximum atomic E-state index is 13.2. The van der Waals surface area contributed by atoms with Crippen LogP contribution in [0, 0.1) is 13.8 Å². The van der Waals surface area contributed by atoms with Gasteiger partial charge in [0, 0.05) is 22.9 Å². The number of hydrogen-bond donors (Lipinski definition) is 1. The molecule has 1 aliphatic carbocycles. The van der Waals surface area contributed by atoms with Crippen LogP contribution in [0.2, 0.25) is 0 Å². The van der Waals surface area contributed by atoms with E-state index in [-0.39, 0.29) is 29.5 Å². The highest BCUT2D eigenvalue weighted by molar-refractivity contribution is 6.06. The number of aromatic nitrogens is 1. The van der Waals surface area contributed by atoms with E-state index in [1.807, 2.05) is 0 Å². The van der Waals surface area contributed by atoms with Gasteiger partial charge in [0.2, 0.25) is 0 Å². The zero-order valence-electron chi connectivity index (χ0n) is 19.0. The SMILES string of the molecule is CCOC(=O)c1[nH]c(C)c(C(=O)CN(C(=O)c2cc(C(F)(F)F)cc(C(F)(F)F)c2)C2CC2)c1C. The third-order valence-electron chi connectivity index (χ3n) is 5.59. The van der Waals surface area contributed by atoms with Gasteiger partial charge in [-0.05, 0) is 57.4 Å². The second-order valence-electron chi connectivity index (χ2n) is 8.23. The fraction of sp³-hybridized carbons (Fsp3) is 0.435. The molecule has 6 nitrogen and oxygen atoms in total. The summed E-state index contributed by atoms with van der Waals surface area (Å²) in [6.07, 6.45) is -9.33. The second-order valence-corrected chi connectivity index (χ2v) is 8.23. The number of aryl methyl sites for hydroxylation is 1. The van der Waals surface area contributed by atoms with Crippen molar-refractivity contribution < 1.29 is 45.5 Å². The maximum Gasteiger partial charge on any atom is 0.416 e. The largest absolute Gasteiger partial charge is 0.461 e. The number of hydrogen-bond acceptors (Lipinski definition) is 4. The lowest BCUT2D eigenvalue weighted by Crippen LogP contribution is -2.38. The summed E-state index contributed by atoms with van der Waals surface area (Å²) in [5, 5.41) is 0. The van der Waals surface area contributed by atoms with Crippen LogP contribution >= 0.6 is 0 Å². The van der Waals surface area contributed by atoms with Crippen molar-refractivity contribution in [3.05, 3.63) is 57.4 Å². The Labute approximate surface area is 196 Å². The highest BCUT2D eigenvalue weighted by atomic mass is 19.4. The van der Waals surface area contributed by atoms with Crippen molar-refractivity contribution in [2.75, 3.05) is 13.2 Å². The van der Waals surface area contributed by atoms with Crippen LogP contribution < -0.4 is 0 Å². The van der Waals surface area contributed by atoms with E-state index in [0.29, 0.717) is 30.7 Å². The van der Waals surface area contributed by atoms with Crippen LogP contribution in [0.5, 0.6) is 0 Å². The standard InChI is InChI=1S/C23H22F6N2O4/c1-4-35-21(34)19-11(2)18(12(3)30-19)17(32)10-31(16-5-6-16)20(33)13-7-14(22(24,25)26)9-15(8-13)23(27,28)29/h7-9,16,30H,4-6,10H2,1-3H3. The van der Waals surface area contributed by atoms with Crippen LogP contribution in [0.25, 0.3) is 0 Å². The van der Waals surface area contributed by atoms with E-state index in [1.165, 1.54) is 13.8 Å². The topological polar surface area (TPSA) is 79.5 Å². The molecule has 1 saturated carbocycles. The molecule has 0 radical (unpaired) electrons. The predicted octanol–water partition coefficient (Wildman–Crippen LogP) is 5.33. The van der Waals surface area contributed by atoms with Crippen molar-refractivity contribution in [3.63, 3.8) is 0 Å². The summed E-state index contributed by atoms with van der Waals surface area (Å²) in [6, 6.07) is 0.137. The van der Waals surface area contributed by atoms with E-state index in [1.54, 1.807) is 6.92 Å². The molecule has 1 aliphatic rings. The Balaban J connectivity index is 1.96. The number of alkyl halides is 6. The van der Waals surface area contributed by atoms with Gasteiger partial charge in [0.25, 0.3) is 5.91 Å². The van der Waals surface area contributed by atoms with Gasteiger partial charge >= 0.3 is 18.3 Å². The zero-order chi connectivity index (χ0) is 26.3. The van der Waals surface area contributed by atoms with E-state index in [4.69, 9.17) is 4.74 Å². The number of Topliss-reactive ketones (excluding diaryl/α,β-unsaturated/α-hetero) is 1. The first-order valence-electron chi connectivity index (χ1n) is 10.6. The lowest BCUT2D eigenvalue weighted by atomic mass is 10.0. The summed E-state index contributed by atoms with van der Waals surface area (Å²) in [7, 11) is 0. The van der Waals surface area contributed by atoms with E-state index >= 15 is 0 Å². The third kappa shape index (κ3) is 5.68. The number of nitrogens with zero attached hydrogens (tertiary/aromatic N) is 1. The minimum absolute atomic E-state index is 0.0460. The zero-order valence-corrected chi connectivity index (χ0v) is 19.0. The second kappa shape index (κ2) is 9.38. The van der Waals surface area contributed by atoms with Crippen molar-refractivity contribution in [1.29, 1.82) is 0 Å². The molecule has 3 rings (SSSR count). The number of amides is 1. The molecule has 190 valence electrons. The molecule has 1 amide bonds. The number of ketones is 1. The van der Waals surface area contributed by atoms with Crippen LogP contribution in [0.1, 0.15) is 73.4 Å². The monoisotopic (exact) mass is 504 g/mol. The number of benzene rings is 1. The molecule has 12 heteroatoms. The van der Waals surface area contributed by atoms with E-state index in [9.17, 15) is 40.7 Å². The van der Waals surface area contributed by atoms with E-state index < -0.39 is 59.3 Å². The molecular formula is C23H22F6N2O4. The summed E-state index contributed by atoms with van der Waals surface area (Å²) in [4.78, 5) is 42.0. The summed E-state index contributed by atoms with van der Waals surface area (Å²) in [5.74, 6) is -2.42. The summed E-state index contributed by atoms with van der Waals surface area (Å²) in [6.45, 7) is 4.14. The van der Waals surface area contributed by atoms with Gasteiger partial charge in [-0.2, -0.15) is 26.3 Å². The molecule has 1 aromatic heterocycles. The van der Waals surface area contributed by atoms with Crippen molar-refractivity contribution in [3.8, 4) is 0 Å². The molecule has 1 fully saturated rings. The molecule has 0 saturated heterocycles. The number of carbonyl (C=O) groups is 3. The van der Waals surface area contributed by atoms with Crippen LogP contribution in [-0.4, -0.2) is 46.7 Å². The minimum atomic E-state index is -5.11. The molecule has 0 bridgehead atoms. The first-order chi connectivity index (χ1) is 16.1. The fourth-order valence-corrected chi connectivity index (χ4v) is 3.81.